The number of rotatable bonds is 8. The van der Waals surface area contributed by atoms with E-state index in [4.69, 9.17) is 18.7 Å². The lowest BCUT2D eigenvalue weighted by Gasteiger charge is -2.46. The van der Waals surface area contributed by atoms with Crippen LogP contribution in [-0.4, -0.2) is 66.7 Å². The van der Waals surface area contributed by atoms with Crippen LogP contribution in [0.2, 0.25) is 0 Å². The van der Waals surface area contributed by atoms with Gasteiger partial charge in [0.05, 0.1) is 36.7 Å². The summed E-state index contributed by atoms with van der Waals surface area (Å²) in [5, 5.41) is 3.97. The van der Waals surface area contributed by atoms with Gasteiger partial charge in [-0.1, -0.05) is 5.16 Å². The molecule has 29 heavy (non-hydrogen) atoms. The van der Waals surface area contributed by atoms with Crippen molar-refractivity contribution in [3.8, 4) is 0 Å². The maximum absolute atomic E-state index is 12.7. The maximum atomic E-state index is 12.7. The highest BCUT2D eigenvalue weighted by atomic mass is 16.5. The van der Waals surface area contributed by atoms with Crippen LogP contribution in [0.4, 0.5) is 0 Å². The van der Waals surface area contributed by atoms with Crippen LogP contribution >= 0.6 is 0 Å². The Morgan fingerprint density at radius 3 is 2.69 bits per heavy atom. The Kier molecular flexibility index (Phi) is 7.71. The molecule has 7 nitrogen and oxygen atoms in total. The highest BCUT2D eigenvalue weighted by Gasteiger charge is 2.41. The number of likely N-dealkylation sites (tertiary alicyclic amines) is 1. The second-order valence-electron chi connectivity index (χ2n) is 8.62. The van der Waals surface area contributed by atoms with Crippen molar-refractivity contribution in [1.29, 1.82) is 0 Å². The summed E-state index contributed by atoms with van der Waals surface area (Å²) in [7, 11) is 0. The minimum Gasteiger partial charge on any atom is -0.376 e. The molecule has 1 aromatic heterocycles. The molecule has 3 rings (SSSR count). The van der Waals surface area contributed by atoms with E-state index in [-0.39, 0.29) is 23.7 Å². The number of nitrogens with zero attached hydrogens (tertiary/aromatic N) is 2. The number of aromatic nitrogens is 1. The van der Waals surface area contributed by atoms with E-state index in [0.29, 0.717) is 26.1 Å². The van der Waals surface area contributed by atoms with E-state index in [1.165, 1.54) is 0 Å². The summed E-state index contributed by atoms with van der Waals surface area (Å²) < 4.78 is 23.0. The van der Waals surface area contributed by atoms with Gasteiger partial charge in [0.2, 0.25) is 5.91 Å². The largest absolute Gasteiger partial charge is 0.376 e. The molecule has 0 saturated carbocycles. The van der Waals surface area contributed by atoms with Gasteiger partial charge in [0, 0.05) is 38.1 Å². The molecular weight excluding hydrogens is 372 g/mol. The number of carbonyl (C=O) groups excluding carboxylic acids is 1. The smallest absolute Gasteiger partial charge is 0.222 e. The summed E-state index contributed by atoms with van der Waals surface area (Å²) in [6, 6.07) is 0. The summed E-state index contributed by atoms with van der Waals surface area (Å²) in [4.78, 5) is 14.7. The summed E-state index contributed by atoms with van der Waals surface area (Å²) in [6.07, 6.45) is 5.25. The van der Waals surface area contributed by atoms with Crippen LogP contribution in [0.1, 0.15) is 63.0 Å². The Labute approximate surface area is 174 Å². The van der Waals surface area contributed by atoms with Gasteiger partial charge in [-0.3, -0.25) is 4.79 Å². The summed E-state index contributed by atoms with van der Waals surface area (Å²) in [5.41, 5.74) is 1.80. The number of hydrogen-bond acceptors (Lipinski definition) is 6. The van der Waals surface area contributed by atoms with E-state index in [2.05, 4.69) is 5.16 Å². The van der Waals surface area contributed by atoms with Crippen LogP contribution in [0, 0.1) is 13.8 Å². The molecule has 0 radical (unpaired) electrons. The monoisotopic (exact) mass is 408 g/mol. The van der Waals surface area contributed by atoms with Crippen molar-refractivity contribution in [1.82, 2.24) is 10.1 Å². The Morgan fingerprint density at radius 1 is 1.28 bits per heavy atom. The Hall–Kier alpha value is -1.44. The number of amides is 1. The van der Waals surface area contributed by atoms with E-state index >= 15 is 0 Å². The first-order chi connectivity index (χ1) is 13.9. The number of hydrogen-bond donors (Lipinski definition) is 0. The number of ether oxygens (including phenoxy) is 3. The van der Waals surface area contributed by atoms with E-state index in [9.17, 15) is 4.79 Å². The zero-order valence-electron chi connectivity index (χ0n) is 18.4. The fourth-order valence-corrected chi connectivity index (χ4v) is 4.38. The van der Waals surface area contributed by atoms with E-state index < -0.39 is 0 Å². The first kappa shape index (κ1) is 22.2. The predicted molar refractivity (Wildman–Crippen MR) is 109 cm³/mol. The minimum absolute atomic E-state index is 0.139. The van der Waals surface area contributed by atoms with Crippen LogP contribution in [0.3, 0.4) is 0 Å². The lowest BCUT2D eigenvalue weighted by atomic mass is 9.83. The van der Waals surface area contributed by atoms with Crippen molar-refractivity contribution in [2.45, 2.75) is 84.0 Å². The molecule has 1 amide bonds. The SMILES string of the molecule is Cc1noc(C)c1CCC(=O)N1CCC2(CC1)CC(OCCOC(C)C)CCO2. The van der Waals surface area contributed by atoms with Gasteiger partial charge in [0.15, 0.2) is 0 Å². The zero-order valence-corrected chi connectivity index (χ0v) is 18.4. The summed E-state index contributed by atoms with van der Waals surface area (Å²) >= 11 is 0. The third kappa shape index (κ3) is 6.03. The van der Waals surface area contributed by atoms with Gasteiger partial charge in [-0.2, -0.15) is 0 Å². The maximum Gasteiger partial charge on any atom is 0.222 e. The fraction of sp³-hybridized carbons (Fsp3) is 0.818. The van der Waals surface area contributed by atoms with Gasteiger partial charge in [-0.15, -0.1) is 0 Å². The van der Waals surface area contributed by atoms with Gasteiger partial charge < -0.3 is 23.6 Å². The fourth-order valence-electron chi connectivity index (χ4n) is 4.38. The molecular formula is C22H36N2O5. The van der Waals surface area contributed by atoms with Crippen molar-refractivity contribution >= 4 is 5.91 Å². The third-order valence-electron chi connectivity index (χ3n) is 6.13. The van der Waals surface area contributed by atoms with Crippen LogP contribution in [0.5, 0.6) is 0 Å². The Balaban J connectivity index is 1.42. The number of aryl methyl sites for hydroxylation is 2. The molecule has 164 valence electrons. The molecule has 7 heteroatoms. The molecule has 2 aliphatic rings. The van der Waals surface area contributed by atoms with Gasteiger partial charge in [-0.05, 0) is 53.4 Å². The average Bonchev–Trinajstić information content (AvgIpc) is 3.02. The van der Waals surface area contributed by atoms with Gasteiger partial charge in [0.1, 0.15) is 5.76 Å². The molecule has 0 aromatic carbocycles. The molecule has 1 aromatic rings. The highest BCUT2D eigenvalue weighted by Crippen LogP contribution is 2.36. The zero-order chi connectivity index (χ0) is 20.9. The minimum atomic E-state index is -0.139. The van der Waals surface area contributed by atoms with Crippen molar-refractivity contribution in [3.63, 3.8) is 0 Å². The Bertz CT molecular complexity index is 645. The van der Waals surface area contributed by atoms with Crippen molar-refractivity contribution < 1.29 is 23.5 Å². The second kappa shape index (κ2) is 10.0. The second-order valence-corrected chi connectivity index (χ2v) is 8.62. The Morgan fingerprint density at radius 2 is 2.03 bits per heavy atom. The topological polar surface area (TPSA) is 74.0 Å². The standard InChI is InChI=1S/C22H36N2O5/c1-16(2)26-13-14-27-19-7-12-28-22(15-19)8-10-24(11-9-22)21(25)6-5-20-17(3)23-29-18(20)4/h16,19H,5-15H2,1-4H3. The van der Waals surface area contributed by atoms with Gasteiger partial charge in [-0.25, -0.2) is 0 Å². The van der Waals surface area contributed by atoms with Crippen LogP contribution in [0.25, 0.3) is 0 Å². The van der Waals surface area contributed by atoms with Gasteiger partial charge in [0.25, 0.3) is 0 Å². The first-order valence-corrected chi connectivity index (χ1v) is 11.0. The number of carbonyl (C=O) groups is 1. The molecule has 2 aliphatic heterocycles. The quantitative estimate of drug-likeness (QED) is 0.615. The molecule has 1 spiro atoms. The normalized spacial score (nSPS) is 21.8. The molecule has 2 saturated heterocycles. The molecule has 0 bridgehead atoms. The average molecular weight is 409 g/mol. The molecule has 1 atom stereocenters. The van der Waals surface area contributed by atoms with E-state index in [0.717, 1.165) is 62.4 Å². The van der Waals surface area contributed by atoms with Crippen molar-refractivity contribution in [2.75, 3.05) is 32.9 Å². The summed E-state index contributed by atoms with van der Waals surface area (Å²) in [6.45, 7) is 11.4. The third-order valence-corrected chi connectivity index (χ3v) is 6.13. The van der Waals surface area contributed by atoms with E-state index in [1.54, 1.807) is 0 Å². The molecule has 0 N–H and O–H groups in total. The molecule has 3 heterocycles. The molecule has 1 unspecified atom stereocenters. The van der Waals surface area contributed by atoms with E-state index in [1.807, 2.05) is 32.6 Å². The number of piperidine rings is 1. The molecule has 2 fully saturated rings. The van der Waals surface area contributed by atoms with Crippen LogP contribution in [-0.2, 0) is 25.4 Å². The summed E-state index contributed by atoms with van der Waals surface area (Å²) in [5.74, 6) is 1.02. The lowest BCUT2D eigenvalue weighted by Crippen LogP contribution is -2.52. The van der Waals surface area contributed by atoms with Crippen LogP contribution < -0.4 is 0 Å². The first-order valence-electron chi connectivity index (χ1n) is 11.0. The van der Waals surface area contributed by atoms with Gasteiger partial charge >= 0.3 is 0 Å². The van der Waals surface area contributed by atoms with Crippen LogP contribution in [0.15, 0.2) is 4.52 Å². The highest BCUT2D eigenvalue weighted by molar-refractivity contribution is 5.76. The molecule has 0 aliphatic carbocycles. The van der Waals surface area contributed by atoms with Crippen molar-refractivity contribution in [3.05, 3.63) is 17.0 Å². The lowest BCUT2D eigenvalue weighted by molar-refractivity contribution is -0.163. The predicted octanol–water partition coefficient (Wildman–Crippen LogP) is 3.21. The van der Waals surface area contributed by atoms with Crippen molar-refractivity contribution in [2.24, 2.45) is 0 Å².